The molecule has 210 valence electrons. The normalized spacial score (nSPS) is 18.7. The first-order valence-electron chi connectivity index (χ1n) is 11.1. The van der Waals surface area contributed by atoms with E-state index in [4.69, 9.17) is 0 Å². The molecule has 0 atom stereocenters. The van der Waals surface area contributed by atoms with Crippen LogP contribution in [0.15, 0.2) is 24.3 Å². The van der Waals surface area contributed by atoms with Crippen molar-refractivity contribution in [3.63, 3.8) is 0 Å². The quantitative estimate of drug-likeness (QED) is 0.412. The van der Waals surface area contributed by atoms with Crippen molar-refractivity contribution in [3.05, 3.63) is 35.7 Å². The Hall–Kier alpha value is -3.46. The molecule has 7 nitrogen and oxygen atoms in total. The molecule has 0 aliphatic heterocycles. The van der Waals surface area contributed by atoms with E-state index in [1.807, 2.05) is 0 Å². The van der Waals surface area contributed by atoms with E-state index in [1.165, 1.54) is 6.07 Å². The summed E-state index contributed by atoms with van der Waals surface area (Å²) < 4.78 is 119. The Labute approximate surface area is 209 Å². The van der Waals surface area contributed by atoms with Crippen LogP contribution < -0.4 is 15.4 Å². The standard InChI is InChI=1S/C22H21F9N4O3/c1-11-16(33-18(36)12-5-7-13(8-6-12)21(26,27)28)17(34-35(11)10-20(23,24)25)19(37)32-14-3-2-4-15(9-14)38-22(29,30)31/h2-4,9,12-13H,5-8,10H2,1H3,(H,32,37)(H,33,36). The number of anilines is 2. The topological polar surface area (TPSA) is 85.2 Å². The monoisotopic (exact) mass is 560 g/mol. The zero-order chi connectivity index (χ0) is 28.5. The summed E-state index contributed by atoms with van der Waals surface area (Å²) in [6.45, 7) is -0.482. The van der Waals surface area contributed by atoms with Gasteiger partial charge in [0.1, 0.15) is 12.3 Å². The number of aromatic nitrogens is 2. The predicted octanol–water partition coefficient (Wildman–Crippen LogP) is 6.21. The molecule has 1 heterocycles. The molecule has 0 spiro atoms. The van der Waals surface area contributed by atoms with E-state index in [-0.39, 0.29) is 37.1 Å². The molecule has 2 aromatic rings. The number of rotatable bonds is 6. The van der Waals surface area contributed by atoms with Crippen molar-refractivity contribution in [1.29, 1.82) is 0 Å². The van der Waals surface area contributed by atoms with Crippen molar-refractivity contribution in [2.24, 2.45) is 11.8 Å². The van der Waals surface area contributed by atoms with Crippen LogP contribution in [0.2, 0.25) is 0 Å². The number of hydrogen-bond acceptors (Lipinski definition) is 4. The van der Waals surface area contributed by atoms with Gasteiger partial charge in [-0.25, -0.2) is 0 Å². The predicted molar refractivity (Wildman–Crippen MR) is 114 cm³/mol. The van der Waals surface area contributed by atoms with Crippen molar-refractivity contribution >= 4 is 23.2 Å². The summed E-state index contributed by atoms with van der Waals surface area (Å²) in [5, 5.41) is 8.12. The molecule has 2 N–H and O–H groups in total. The third-order valence-corrected chi connectivity index (χ3v) is 5.89. The van der Waals surface area contributed by atoms with E-state index in [0.29, 0.717) is 4.68 Å². The van der Waals surface area contributed by atoms with E-state index in [9.17, 15) is 49.1 Å². The average Bonchev–Trinajstić information content (AvgIpc) is 3.06. The molecular weight excluding hydrogens is 539 g/mol. The first kappa shape index (κ1) is 29.1. The number of nitrogens with zero attached hydrogens (tertiary/aromatic N) is 2. The summed E-state index contributed by atoms with van der Waals surface area (Å²) in [6.07, 6.45) is -15.1. The summed E-state index contributed by atoms with van der Waals surface area (Å²) in [5.74, 6) is -5.09. The van der Waals surface area contributed by atoms with Gasteiger partial charge in [0.2, 0.25) is 5.91 Å². The number of carbonyl (C=O) groups is 2. The van der Waals surface area contributed by atoms with Crippen LogP contribution in [-0.2, 0) is 11.3 Å². The smallest absolute Gasteiger partial charge is 0.406 e. The van der Waals surface area contributed by atoms with Gasteiger partial charge in [-0.05, 0) is 44.7 Å². The fourth-order valence-electron chi connectivity index (χ4n) is 4.05. The summed E-state index contributed by atoms with van der Waals surface area (Å²) in [4.78, 5) is 25.6. The van der Waals surface area contributed by atoms with Crippen molar-refractivity contribution in [1.82, 2.24) is 9.78 Å². The number of ether oxygens (including phenoxy) is 1. The minimum absolute atomic E-state index is 0.126. The first-order chi connectivity index (χ1) is 17.4. The lowest BCUT2D eigenvalue weighted by molar-refractivity contribution is -0.274. The van der Waals surface area contributed by atoms with Gasteiger partial charge in [-0.15, -0.1) is 13.2 Å². The second kappa shape index (κ2) is 10.7. The molecule has 0 saturated heterocycles. The minimum Gasteiger partial charge on any atom is -0.406 e. The van der Waals surface area contributed by atoms with Crippen LogP contribution >= 0.6 is 0 Å². The maximum atomic E-state index is 13.0. The van der Waals surface area contributed by atoms with Gasteiger partial charge in [-0.2, -0.15) is 31.4 Å². The number of hydrogen-bond donors (Lipinski definition) is 2. The van der Waals surface area contributed by atoms with Gasteiger partial charge in [-0.1, -0.05) is 6.07 Å². The maximum Gasteiger partial charge on any atom is 0.573 e. The van der Waals surface area contributed by atoms with E-state index >= 15 is 0 Å². The van der Waals surface area contributed by atoms with Gasteiger partial charge in [0, 0.05) is 17.7 Å². The number of nitrogens with one attached hydrogen (secondary N) is 2. The highest BCUT2D eigenvalue weighted by Crippen LogP contribution is 2.40. The highest BCUT2D eigenvalue weighted by molar-refractivity contribution is 6.09. The van der Waals surface area contributed by atoms with Gasteiger partial charge in [0.05, 0.1) is 17.3 Å². The van der Waals surface area contributed by atoms with Crippen molar-refractivity contribution in [3.8, 4) is 5.75 Å². The van der Waals surface area contributed by atoms with Crippen LogP contribution in [0.1, 0.15) is 41.9 Å². The van der Waals surface area contributed by atoms with E-state index in [2.05, 4.69) is 20.5 Å². The number of carbonyl (C=O) groups excluding carboxylic acids is 2. The molecule has 38 heavy (non-hydrogen) atoms. The molecule has 0 bridgehead atoms. The highest BCUT2D eigenvalue weighted by Gasteiger charge is 2.43. The van der Waals surface area contributed by atoms with Crippen LogP contribution in [-0.4, -0.2) is 40.3 Å². The molecule has 2 amide bonds. The maximum absolute atomic E-state index is 13.0. The van der Waals surface area contributed by atoms with Gasteiger partial charge < -0.3 is 15.4 Å². The lowest BCUT2D eigenvalue weighted by atomic mass is 9.81. The van der Waals surface area contributed by atoms with Crippen LogP contribution in [0.25, 0.3) is 0 Å². The Bertz CT molecular complexity index is 1160. The molecule has 1 aliphatic carbocycles. The summed E-state index contributed by atoms with van der Waals surface area (Å²) in [6, 6.07) is 4.05. The second-order valence-corrected chi connectivity index (χ2v) is 8.69. The first-order valence-corrected chi connectivity index (χ1v) is 11.1. The van der Waals surface area contributed by atoms with Gasteiger partial charge in [-0.3, -0.25) is 14.3 Å². The zero-order valence-electron chi connectivity index (χ0n) is 19.5. The fraction of sp³-hybridized carbons (Fsp3) is 0.500. The van der Waals surface area contributed by atoms with Crippen molar-refractivity contribution < 1.29 is 53.8 Å². The molecule has 1 aromatic carbocycles. The Morgan fingerprint density at radius 2 is 1.63 bits per heavy atom. The molecule has 3 rings (SSSR count). The number of alkyl halides is 9. The zero-order valence-corrected chi connectivity index (χ0v) is 19.5. The molecule has 1 saturated carbocycles. The third-order valence-electron chi connectivity index (χ3n) is 5.89. The average molecular weight is 560 g/mol. The Balaban J connectivity index is 1.83. The van der Waals surface area contributed by atoms with E-state index in [1.54, 1.807) is 0 Å². The molecule has 0 radical (unpaired) electrons. The molecule has 1 aromatic heterocycles. The Morgan fingerprint density at radius 1 is 1.00 bits per heavy atom. The Kier molecular flexibility index (Phi) is 8.21. The van der Waals surface area contributed by atoms with Crippen LogP contribution in [0.5, 0.6) is 5.75 Å². The van der Waals surface area contributed by atoms with Crippen molar-refractivity contribution in [2.45, 2.75) is 57.9 Å². The minimum atomic E-state index is -5.02. The van der Waals surface area contributed by atoms with Gasteiger partial charge in [0.15, 0.2) is 5.69 Å². The Morgan fingerprint density at radius 3 is 2.18 bits per heavy atom. The molecule has 16 heteroatoms. The number of amides is 2. The largest absolute Gasteiger partial charge is 0.573 e. The van der Waals surface area contributed by atoms with E-state index < -0.39 is 66.0 Å². The lowest BCUT2D eigenvalue weighted by Gasteiger charge is -2.29. The summed E-state index contributed by atoms with van der Waals surface area (Å²) in [5.41, 5.74) is -1.56. The van der Waals surface area contributed by atoms with Crippen LogP contribution in [0.4, 0.5) is 50.9 Å². The van der Waals surface area contributed by atoms with Crippen LogP contribution in [0, 0.1) is 18.8 Å². The molecule has 0 unspecified atom stereocenters. The lowest BCUT2D eigenvalue weighted by Crippen LogP contribution is -2.33. The summed E-state index contributed by atoms with van der Waals surface area (Å²) >= 11 is 0. The van der Waals surface area contributed by atoms with E-state index in [0.717, 1.165) is 25.1 Å². The van der Waals surface area contributed by atoms with Crippen molar-refractivity contribution in [2.75, 3.05) is 10.6 Å². The molecular formula is C22H21F9N4O3. The van der Waals surface area contributed by atoms with Gasteiger partial charge in [0.25, 0.3) is 5.91 Å². The highest BCUT2D eigenvalue weighted by atomic mass is 19.4. The fourth-order valence-corrected chi connectivity index (χ4v) is 4.05. The molecule has 1 aliphatic rings. The second-order valence-electron chi connectivity index (χ2n) is 8.69. The summed E-state index contributed by atoms with van der Waals surface area (Å²) in [7, 11) is 0. The third kappa shape index (κ3) is 7.77. The van der Waals surface area contributed by atoms with Gasteiger partial charge >= 0.3 is 18.7 Å². The number of halogens is 9. The number of benzene rings is 1. The SMILES string of the molecule is Cc1c(NC(=O)C2CCC(C(F)(F)F)CC2)c(C(=O)Nc2cccc(OC(F)(F)F)c2)nn1CC(F)(F)F. The molecule has 1 fully saturated rings. The van der Waals surface area contributed by atoms with Crippen LogP contribution in [0.3, 0.4) is 0 Å².